The van der Waals surface area contributed by atoms with E-state index in [0.717, 1.165) is 6.42 Å². The third-order valence-electron chi connectivity index (χ3n) is 1.97. The second-order valence-corrected chi connectivity index (χ2v) is 4.63. The Bertz CT molecular complexity index is 156. The first kappa shape index (κ1) is 8.13. The Morgan fingerprint density at radius 2 is 2.20 bits per heavy atom. The summed E-state index contributed by atoms with van der Waals surface area (Å²) in [7, 11) is 0. The van der Waals surface area contributed by atoms with E-state index in [4.69, 9.17) is 11.6 Å². The van der Waals surface area contributed by atoms with Crippen molar-refractivity contribution in [2.24, 2.45) is 5.41 Å². The Morgan fingerprint density at radius 1 is 1.60 bits per heavy atom. The number of hydrogen-bond acceptors (Lipinski definition) is 0. The second-order valence-electron chi connectivity index (χ2n) is 4.07. The van der Waals surface area contributed by atoms with Crippen LogP contribution in [0.5, 0.6) is 0 Å². The highest BCUT2D eigenvalue weighted by atomic mass is 35.5. The van der Waals surface area contributed by atoms with Gasteiger partial charge in [-0.25, -0.2) is 0 Å². The van der Waals surface area contributed by atoms with E-state index in [9.17, 15) is 0 Å². The molecule has 0 spiro atoms. The van der Waals surface area contributed by atoms with Crippen LogP contribution in [0.25, 0.3) is 0 Å². The van der Waals surface area contributed by atoms with E-state index in [2.05, 4.69) is 26.8 Å². The fourth-order valence-electron chi connectivity index (χ4n) is 1.78. The van der Waals surface area contributed by atoms with Gasteiger partial charge in [-0.2, -0.15) is 0 Å². The molecular formula is C9H15Cl. The molecule has 0 saturated carbocycles. The van der Waals surface area contributed by atoms with Gasteiger partial charge in [0.25, 0.3) is 0 Å². The van der Waals surface area contributed by atoms with Gasteiger partial charge in [-0.3, -0.25) is 0 Å². The average Bonchev–Trinajstić information content (AvgIpc) is 1.54. The van der Waals surface area contributed by atoms with Gasteiger partial charge in [0.2, 0.25) is 0 Å². The topological polar surface area (TPSA) is 0 Å². The Morgan fingerprint density at radius 3 is 2.60 bits per heavy atom. The van der Waals surface area contributed by atoms with Gasteiger partial charge < -0.3 is 0 Å². The van der Waals surface area contributed by atoms with Gasteiger partial charge in [0.15, 0.2) is 0 Å². The van der Waals surface area contributed by atoms with Crippen LogP contribution >= 0.6 is 11.6 Å². The van der Waals surface area contributed by atoms with Gasteiger partial charge in [-0.05, 0) is 25.2 Å². The van der Waals surface area contributed by atoms with Crippen molar-refractivity contribution in [2.75, 3.05) is 0 Å². The normalized spacial score (nSPS) is 31.6. The van der Waals surface area contributed by atoms with E-state index in [0.29, 0.717) is 5.41 Å². The second kappa shape index (κ2) is 2.58. The van der Waals surface area contributed by atoms with E-state index in [-0.39, 0.29) is 5.38 Å². The zero-order valence-electron chi connectivity index (χ0n) is 6.95. The van der Waals surface area contributed by atoms with Gasteiger partial charge in [0.1, 0.15) is 0 Å². The van der Waals surface area contributed by atoms with Crippen LogP contribution in [0.15, 0.2) is 11.6 Å². The lowest BCUT2D eigenvalue weighted by Gasteiger charge is -2.31. The molecule has 0 heterocycles. The van der Waals surface area contributed by atoms with Crippen LogP contribution in [0.1, 0.15) is 33.6 Å². The predicted octanol–water partition coefficient (Wildman–Crippen LogP) is 3.36. The maximum Gasteiger partial charge on any atom is 0.0523 e. The minimum absolute atomic E-state index is 0.267. The summed E-state index contributed by atoms with van der Waals surface area (Å²) in [6, 6.07) is 0. The Hall–Kier alpha value is 0.0300. The Labute approximate surface area is 68.3 Å². The summed E-state index contributed by atoms with van der Waals surface area (Å²) >= 11 is 6.02. The average molecular weight is 159 g/mol. The van der Waals surface area contributed by atoms with Crippen molar-refractivity contribution in [3.8, 4) is 0 Å². The SMILES string of the molecule is CC1=CC(Cl)CC(C)(C)C1. The molecule has 0 saturated heterocycles. The van der Waals surface area contributed by atoms with Crippen LogP contribution in [0.2, 0.25) is 0 Å². The van der Waals surface area contributed by atoms with Crippen LogP contribution in [-0.2, 0) is 0 Å². The van der Waals surface area contributed by atoms with E-state index in [1.54, 1.807) is 0 Å². The first-order chi connectivity index (χ1) is 4.49. The quantitative estimate of drug-likeness (QED) is 0.375. The molecule has 0 N–H and O–H groups in total. The van der Waals surface area contributed by atoms with E-state index >= 15 is 0 Å². The lowest BCUT2D eigenvalue weighted by Crippen LogP contribution is -2.21. The molecule has 0 amide bonds. The standard InChI is InChI=1S/C9H15Cl/c1-7-4-8(10)6-9(2,3)5-7/h4,8H,5-6H2,1-3H3. The lowest BCUT2D eigenvalue weighted by atomic mass is 9.78. The zero-order valence-corrected chi connectivity index (χ0v) is 7.70. The summed E-state index contributed by atoms with van der Waals surface area (Å²) in [6.07, 6.45) is 4.49. The minimum Gasteiger partial charge on any atom is -0.118 e. The van der Waals surface area contributed by atoms with Crippen LogP contribution < -0.4 is 0 Å². The van der Waals surface area contributed by atoms with Crippen LogP contribution in [0, 0.1) is 5.41 Å². The molecule has 0 aliphatic heterocycles. The molecule has 0 aromatic heterocycles. The smallest absolute Gasteiger partial charge is 0.0523 e. The summed E-state index contributed by atoms with van der Waals surface area (Å²) in [5.41, 5.74) is 1.86. The zero-order chi connectivity index (χ0) is 7.78. The molecule has 0 nitrogen and oxygen atoms in total. The molecule has 58 valence electrons. The maximum atomic E-state index is 6.02. The molecular weight excluding hydrogens is 144 g/mol. The fourth-order valence-corrected chi connectivity index (χ4v) is 2.41. The monoisotopic (exact) mass is 158 g/mol. The molecule has 0 bridgehead atoms. The molecule has 1 heteroatoms. The van der Waals surface area contributed by atoms with Gasteiger partial charge in [-0.15, -0.1) is 11.6 Å². The molecule has 0 radical (unpaired) electrons. The number of rotatable bonds is 0. The summed E-state index contributed by atoms with van der Waals surface area (Å²) in [4.78, 5) is 0. The van der Waals surface area contributed by atoms with E-state index in [1.165, 1.54) is 12.0 Å². The highest BCUT2D eigenvalue weighted by molar-refractivity contribution is 6.21. The molecule has 1 aliphatic carbocycles. The van der Waals surface area contributed by atoms with Crippen LogP contribution in [-0.4, -0.2) is 5.38 Å². The molecule has 1 unspecified atom stereocenters. The number of alkyl halides is 1. The van der Waals surface area contributed by atoms with Gasteiger partial charge in [0.05, 0.1) is 5.38 Å². The summed E-state index contributed by atoms with van der Waals surface area (Å²) in [5, 5.41) is 0.267. The third-order valence-corrected chi connectivity index (χ3v) is 2.25. The predicted molar refractivity (Wildman–Crippen MR) is 46.4 cm³/mol. The number of allylic oxidation sites excluding steroid dienone is 2. The maximum absolute atomic E-state index is 6.02. The highest BCUT2D eigenvalue weighted by Crippen LogP contribution is 2.36. The Balaban J connectivity index is 2.70. The van der Waals surface area contributed by atoms with Crippen molar-refractivity contribution < 1.29 is 0 Å². The summed E-state index contributed by atoms with van der Waals surface area (Å²) in [5.74, 6) is 0. The fraction of sp³-hybridized carbons (Fsp3) is 0.778. The van der Waals surface area contributed by atoms with Crippen molar-refractivity contribution in [3.63, 3.8) is 0 Å². The molecule has 0 fully saturated rings. The third kappa shape index (κ3) is 2.02. The largest absolute Gasteiger partial charge is 0.118 e. The number of hydrogen-bond donors (Lipinski definition) is 0. The van der Waals surface area contributed by atoms with Crippen molar-refractivity contribution in [3.05, 3.63) is 11.6 Å². The minimum atomic E-state index is 0.267. The summed E-state index contributed by atoms with van der Waals surface area (Å²) < 4.78 is 0. The molecule has 0 aromatic rings. The first-order valence-corrected chi connectivity index (χ1v) is 4.25. The van der Waals surface area contributed by atoms with Crippen molar-refractivity contribution in [1.82, 2.24) is 0 Å². The van der Waals surface area contributed by atoms with E-state index in [1.807, 2.05) is 0 Å². The van der Waals surface area contributed by atoms with Gasteiger partial charge in [-0.1, -0.05) is 25.5 Å². The summed E-state index contributed by atoms with van der Waals surface area (Å²) in [6.45, 7) is 6.72. The van der Waals surface area contributed by atoms with Crippen molar-refractivity contribution >= 4 is 11.6 Å². The lowest BCUT2D eigenvalue weighted by molar-refractivity contribution is 0.323. The first-order valence-electron chi connectivity index (χ1n) is 3.81. The van der Waals surface area contributed by atoms with Gasteiger partial charge >= 0.3 is 0 Å². The van der Waals surface area contributed by atoms with Crippen LogP contribution in [0.4, 0.5) is 0 Å². The van der Waals surface area contributed by atoms with E-state index < -0.39 is 0 Å². The Kier molecular flexibility index (Phi) is 2.10. The molecule has 1 aliphatic rings. The highest BCUT2D eigenvalue weighted by Gasteiger charge is 2.25. The number of halogens is 1. The molecule has 0 aromatic carbocycles. The molecule has 1 rings (SSSR count). The van der Waals surface area contributed by atoms with Gasteiger partial charge in [0, 0.05) is 0 Å². The van der Waals surface area contributed by atoms with Crippen molar-refractivity contribution in [2.45, 2.75) is 39.0 Å². The molecule has 10 heavy (non-hydrogen) atoms. The van der Waals surface area contributed by atoms with Crippen LogP contribution in [0.3, 0.4) is 0 Å². The van der Waals surface area contributed by atoms with Crippen molar-refractivity contribution in [1.29, 1.82) is 0 Å². The molecule has 1 atom stereocenters.